The molecule has 0 saturated carbocycles. The maximum atomic E-state index is 13.3. The summed E-state index contributed by atoms with van der Waals surface area (Å²) in [5.41, 5.74) is 9.69. The lowest BCUT2D eigenvalue weighted by Gasteiger charge is -2.40. The molecule has 1 rings (SSSR count). The molecule has 3 nitrogen and oxygen atoms in total. The highest BCUT2D eigenvalue weighted by Crippen LogP contribution is 2.46. The summed E-state index contributed by atoms with van der Waals surface area (Å²) in [7, 11) is 0. The van der Waals surface area contributed by atoms with Crippen molar-refractivity contribution in [1.29, 1.82) is 0 Å². The minimum absolute atomic E-state index is 0.101. The molecule has 0 bridgehead atoms. The van der Waals surface area contributed by atoms with Crippen LogP contribution in [-0.2, 0) is 9.59 Å². The molecule has 1 aliphatic carbocycles. The summed E-state index contributed by atoms with van der Waals surface area (Å²) >= 11 is 0. The van der Waals surface area contributed by atoms with Gasteiger partial charge in [-0.15, -0.1) is 0 Å². The molecule has 0 aromatic heterocycles. The fourth-order valence-corrected chi connectivity index (χ4v) is 5.90. The first-order chi connectivity index (χ1) is 18.6. The molecule has 0 fully saturated rings. The normalized spacial score (nSPS) is 18.5. The van der Waals surface area contributed by atoms with Crippen molar-refractivity contribution in [3.05, 3.63) is 58.7 Å². The molecule has 39 heavy (non-hydrogen) atoms. The van der Waals surface area contributed by atoms with E-state index in [1.54, 1.807) is 0 Å². The lowest BCUT2D eigenvalue weighted by Crippen LogP contribution is -2.35. The van der Waals surface area contributed by atoms with E-state index in [4.69, 9.17) is 5.73 Å². The Hall–Kier alpha value is -2.16. The maximum absolute atomic E-state index is 13.3. The second kappa shape index (κ2) is 19.8. The van der Waals surface area contributed by atoms with Crippen LogP contribution in [0.2, 0.25) is 0 Å². The van der Waals surface area contributed by atoms with E-state index >= 15 is 0 Å². The Morgan fingerprint density at radius 3 is 1.92 bits per heavy atom. The SMILES string of the molecule is CCCCCCCCCCCCCCCC(=O)C1CCC(C)=C(/C=C/C(C)=C/C=C/C(C)=C/C(N)=O)C1(C)C. The van der Waals surface area contributed by atoms with Gasteiger partial charge in [0.15, 0.2) is 0 Å². The average molecular weight is 538 g/mol. The Kier molecular flexibility index (Phi) is 17.7. The lowest BCUT2D eigenvalue weighted by atomic mass is 9.63. The highest BCUT2D eigenvalue weighted by atomic mass is 16.1. The molecule has 0 spiro atoms. The van der Waals surface area contributed by atoms with E-state index in [0.29, 0.717) is 5.78 Å². The molecule has 1 atom stereocenters. The number of unbranched alkanes of at least 4 members (excludes halogenated alkanes) is 12. The van der Waals surface area contributed by atoms with Crippen LogP contribution in [0.25, 0.3) is 0 Å². The van der Waals surface area contributed by atoms with Gasteiger partial charge in [-0.05, 0) is 56.6 Å². The van der Waals surface area contributed by atoms with Gasteiger partial charge in [-0.25, -0.2) is 0 Å². The van der Waals surface area contributed by atoms with Crippen LogP contribution in [0.3, 0.4) is 0 Å². The number of rotatable bonds is 20. The van der Waals surface area contributed by atoms with E-state index in [1.165, 1.54) is 94.3 Å². The van der Waals surface area contributed by atoms with Gasteiger partial charge < -0.3 is 5.73 Å². The molecule has 1 aliphatic rings. The van der Waals surface area contributed by atoms with E-state index in [1.807, 2.05) is 25.2 Å². The number of amides is 1. The number of ketones is 1. The van der Waals surface area contributed by atoms with Crippen LogP contribution in [0.4, 0.5) is 0 Å². The maximum Gasteiger partial charge on any atom is 0.241 e. The third kappa shape index (κ3) is 14.7. The van der Waals surface area contributed by atoms with Gasteiger partial charge in [-0.2, -0.15) is 0 Å². The van der Waals surface area contributed by atoms with E-state index in [2.05, 4.69) is 46.8 Å². The number of allylic oxidation sites excluding steroid dienone is 9. The first-order valence-corrected chi connectivity index (χ1v) is 15.8. The summed E-state index contributed by atoms with van der Waals surface area (Å²) in [6.07, 6.45) is 31.6. The molecule has 0 radical (unpaired) electrons. The predicted molar refractivity (Wildman–Crippen MR) is 170 cm³/mol. The fourth-order valence-electron chi connectivity index (χ4n) is 5.90. The minimum atomic E-state index is -0.433. The minimum Gasteiger partial charge on any atom is -0.366 e. The topological polar surface area (TPSA) is 60.2 Å². The predicted octanol–water partition coefficient (Wildman–Crippen LogP) is 10.3. The second-order valence-corrected chi connectivity index (χ2v) is 12.4. The highest BCUT2D eigenvalue weighted by molar-refractivity contribution is 5.86. The Bertz CT molecular complexity index is 897. The highest BCUT2D eigenvalue weighted by Gasteiger charge is 2.39. The standard InChI is InChI=1S/C36H59NO2/c1-7-8-9-10-11-12-13-14-15-16-17-18-19-23-34(38)33-27-25-31(4)32(36(33,5)6)26-24-29(2)21-20-22-30(3)28-35(37)39/h20-22,24,26,28,33H,7-19,23,25,27H2,1-6H3,(H2,37,39)/b22-20+,26-24+,29-21+,30-28+. The van der Waals surface area contributed by atoms with Gasteiger partial charge in [0.25, 0.3) is 0 Å². The summed E-state index contributed by atoms with van der Waals surface area (Å²) in [5, 5.41) is 0. The number of primary amides is 1. The summed E-state index contributed by atoms with van der Waals surface area (Å²) in [6, 6.07) is 0. The molecule has 0 aromatic carbocycles. The molecule has 1 unspecified atom stereocenters. The van der Waals surface area contributed by atoms with Crippen molar-refractivity contribution >= 4 is 11.7 Å². The number of carbonyl (C=O) groups excluding carboxylic acids is 2. The van der Waals surface area contributed by atoms with Gasteiger partial charge in [0.05, 0.1) is 0 Å². The first kappa shape index (κ1) is 34.9. The Morgan fingerprint density at radius 1 is 0.846 bits per heavy atom. The lowest BCUT2D eigenvalue weighted by molar-refractivity contribution is -0.126. The number of Topliss-reactive ketones (excluding diaryl/α,β-unsaturated/α-hetero) is 1. The van der Waals surface area contributed by atoms with Gasteiger partial charge in [0, 0.05) is 18.4 Å². The Labute approximate surface area is 241 Å². The molecule has 220 valence electrons. The van der Waals surface area contributed by atoms with E-state index < -0.39 is 5.91 Å². The molecule has 0 saturated heterocycles. The van der Waals surface area contributed by atoms with Crippen LogP contribution in [0.15, 0.2) is 58.7 Å². The van der Waals surface area contributed by atoms with Crippen molar-refractivity contribution in [3.63, 3.8) is 0 Å². The van der Waals surface area contributed by atoms with Crippen LogP contribution < -0.4 is 5.73 Å². The van der Waals surface area contributed by atoms with Gasteiger partial charge >= 0.3 is 0 Å². The van der Waals surface area contributed by atoms with E-state index in [9.17, 15) is 9.59 Å². The average Bonchev–Trinajstić information content (AvgIpc) is 2.85. The van der Waals surface area contributed by atoms with Gasteiger partial charge in [-0.1, -0.05) is 139 Å². The van der Waals surface area contributed by atoms with Crippen molar-refractivity contribution < 1.29 is 9.59 Å². The van der Waals surface area contributed by atoms with Gasteiger partial charge in [0.2, 0.25) is 5.91 Å². The summed E-state index contributed by atoms with van der Waals surface area (Å²) in [5.74, 6) is 0.121. The van der Waals surface area contributed by atoms with E-state index in [-0.39, 0.29) is 11.3 Å². The Balaban J connectivity index is 2.45. The smallest absolute Gasteiger partial charge is 0.241 e. The van der Waals surface area contributed by atoms with Crippen LogP contribution in [0.1, 0.15) is 144 Å². The van der Waals surface area contributed by atoms with Gasteiger partial charge in [0.1, 0.15) is 5.78 Å². The molecule has 0 aromatic rings. The fraction of sp³-hybridized carbons (Fsp3) is 0.667. The van der Waals surface area contributed by atoms with Crippen LogP contribution in [-0.4, -0.2) is 11.7 Å². The largest absolute Gasteiger partial charge is 0.366 e. The zero-order valence-corrected chi connectivity index (χ0v) is 26.2. The van der Waals surface area contributed by atoms with Crippen molar-refractivity contribution in [2.45, 2.75) is 144 Å². The molecular weight excluding hydrogens is 478 g/mol. The molecule has 0 heterocycles. The van der Waals surface area contributed by atoms with Crippen LogP contribution in [0, 0.1) is 11.3 Å². The number of hydrogen-bond acceptors (Lipinski definition) is 2. The number of nitrogens with two attached hydrogens (primary N) is 1. The first-order valence-electron chi connectivity index (χ1n) is 15.8. The molecule has 0 aliphatic heterocycles. The van der Waals surface area contributed by atoms with Crippen molar-refractivity contribution in [2.75, 3.05) is 0 Å². The molecular formula is C36H59NO2. The van der Waals surface area contributed by atoms with Crippen molar-refractivity contribution in [2.24, 2.45) is 17.1 Å². The summed E-state index contributed by atoms with van der Waals surface area (Å²) in [4.78, 5) is 24.3. The number of hydrogen-bond donors (Lipinski definition) is 1. The zero-order valence-electron chi connectivity index (χ0n) is 26.2. The summed E-state index contributed by atoms with van der Waals surface area (Å²) < 4.78 is 0. The van der Waals surface area contributed by atoms with Crippen molar-refractivity contribution in [3.8, 4) is 0 Å². The van der Waals surface area contributed by atoms with Gasteiger partial charge in [-0.3, -0.25) is 9.59 Å². The summed E-state index contributed by atoms with van der Waals surface area (Å²) in [6.45, 7) is 12.9. The molecule has 1 amide bonds. The zero-order chi connectivity index (χ0) is 29.1. The van der Waals surface area contributed by atoms with Crippen LogP contribution in [0.5, 0.6) is 0 Å². The number of carbonyl (C=O) groups is 2. The third-order valence-electron chi connectivity index (χ3n) is 8.35. The monoisotopic (exact) mass is 537 g/mol. The van der Waals surface area contributed by atoms with Crippen LogP contribution >= 0.6 is 0 Å². The van der Waals surface area contributed by atoms with Crippen molar-refractivity contribution in [1.82, 2.24) is 0 Å². The quantitative estimate of drug-likeness (QED) is 0.0953. The van der Waals surface area contributed by atoms with E-state index in [0.717, 1.165) is 36.8 Å². The molecule has 2 N–H and O–H groups in total. The third-order valence-corrected chi connectivity index (χ3v) is 8.35. The molecule has 3 heteroatoms. The second-order valence-electron chi connectivity index (χ2n) is 12.4. The Morgan fingerprint density at radius 2 is 1.38 bits per heavy atom.